The van der Waals surface area contributed by atoms with Crippen molar-refractivity contribution in [2.45, 2.75) is 32.2 Å². The van der Waals surface area contributed by atoms with E-state index in [1.165, 1.54) is 6.42 Å². The van der Waals surface area contributed by atoms with Crippen LogP contribution in [0.25, 0.3) is 10.4 Å². The molecule has 1 unspecified atom stereocenters. The lowest BCUT2D eigenvalue weighted by atomic mass is 10.00. The van der Waals surface area contributed by atoms with Crippen LogP contribution in [0.2, 0.25) is 0 Å². The largest absolute Gasteiger partial charge is 0.497 e. The average molecular weight is 466 g/mol. The zero-order valence-electron chi connectivity index (χ0n) is 19.5. The zero-order valence-corrected chi connectivity index (χ0v) is 20.3. The molecular weight excluding hydrogens is 434 g/mol. The smallest absolute Gasteiger partial charge is 0.271 e. The quantitative estimate of drug-likeness (QED) is 0.502. The first-order valence-corrected chi connectivity index (χ1v) is 12.2. The van der Waals surface area contributed by atoms with Crippen LogP contribution in [-0.2, 0) is 0 Å². The van der Waals surface area contributed by atoms with Crippen LogP contribution in [0.4, 0.5) is 0 Å². The number of benzene rings is 2. The maximum atomic E-state index is 13.3. The van der Waals surface area contributed by atoms with Gasteiger partial charge in [-0.3, -0.25) is 9.69 Å². The number of aromatic nitrogens is 1. The van der Waals surface area contributed by atoms with Crippen molar-refractivity contribution in [1.82, 2.24) is 15.2 Å². The molecule has 0 saturated carbocycles. The fraction of sp³-hybridized carbons (Fsp3) is 0.385. The molecule has 0 aliphatic carbocycles. The van der Waals surface area contributed by atoms with E-state index in [1.807, 2.05) is 55.5 Å². The predicted molar refractivity (Wildman–Crippen MR) is 132 cm³/mol. The molecule has 1 amide bonds. The average Bonchev–Trinajstić information content (AvgIpc) is 3.27. The minimum absolute atomic E-state index is 0.0146. The summed E-state index contributed by atoms with van der Waals surface area (Å²) < 4.78 is 11.2. The van der Waals surface area contributed by atoms with Crippen LogP contribution in [0, 0.1) is 6.92 Å². The standard InChI is InChI=1S/C26H31N3O3S/c1-18-28-24(25(33-18)19-10-6-4-7-11-19)26(30)27-17-22(29-14-8-5-9-15-29)21-16-20(31-2)12-13-23(21)32-3/h4,6-7,10-13,16,22H,5,8-9,14-15,17H2,1-3H3,(H,27,30). The number of rotatable bonds is 8. The summed E-state index contributed by atoms with van der Waals surface area (Å²) in [6.45, 7) is 4.39. The van der Waals surface area contributed by atoms with Crippen LogP contribution < -0.4 is 14.8 Å². The van der Waals surface area contributed by atoms with Crippen molar-refractivity contribution in [2.24, 2.45) is 0 Å². The first-order chi connectivity index (χ1) is 16.1. The Labute approximate surface area is 199 Å². The molecule has 3 aromatic rings. The summed E-state index contributed by atoms with van der Waals surface area (Å²) in [5.74, 6) is 1.43. The van der Waals surface area contributed by atoms with Crippen LogP contribution in [0.15, 0.2) is 48.5 Å². The second kappa shape index (κ2) is 10.8. The summed E-state index contributed by atoms with van der Waals surface area (Å²) >= 11 is 1.55. The number of aryl methyl sites for hydroxylation is 1. The van der Waals surface area contributed by atoms with Gasteiger partial charge in [0.2, 0.25) is 0 Å². The molecule has 33 heavy (non-hydrogen) atoms. The van der Waals surface area contributed by atoms with E-state index in [9.17, 15) is 4.79 Å². The van der Waals surface area contributed by atoms with Gasteiger partial charge >= 0.3 is 0 Å². The van der Waals surface area contributed by atoms with E-state index in [-0.39, 0.29) is 11.9 Å². The van der Waals surface area contributed by atoms with Gasteiger partial charge in [0.25, 0.3) is 5.91 Å². The molecular formula is C26H31N3O3S. The Morgan fingerprint density at radius 3 is 2.55 bits per heavy atom. The number of carbonyl (C=O) groups is 1. The lowest BCUT2D eigenvalue weighted by molar-refractivity contribution is 0.0919. The Hall–Kier alpha value is -2.90. The number of ether oxygens (including phenoxy) is 2. The van der Waals surface area contributed by atoms with Crippen molar-refractivity contribution in [2.75, 3.05) is 33.9 Å². The lowest BCUT2D eigenvalue weighted by Crippen LogP contribution is -2.41. The first-order valence-electron chi connectivity index (χ1n) is 11.4. The topological polar surface area (TPSA) is 63.7 Å². The Bertz CT molecular complexity index is 1080. The number of hydrogen-bond donors (Lipinski definition) is 1. The zero-order chi connectivity index (χ0) is 23.2. The molecule has 1 aliphatic rings. The number of amides is 1. The summed E-state index contributed by atoms with van der Waals surface area (Å²) in [7, 11) is 3.35. The third kappa shape index (κ3) is 5.37. The summed E-state index contributed by atoms with van der Waals surface area (Å²) in [5, 5.41) is 4.05. The van der Waals surface area contributed by atoms with Crippen LogP contribution in [-0.4, -0.2) is 49.6 Å². The minimum Gasteiger partial charge on any atom is -0.497 e. The fourth-order valence-corrected chi connectivity index (χ4v) is 5.33. The number of likely N-dealkylation sites (tertiary alicyclic amines) is 1. The van der Waals surface area contributed by atoms with Crippen LogP contribution in [0.1, 0.15) is 46.4 Å². The molecule has 1 aromatic heterocycles. The van der Waals surface area contributed by atoms with E-state index < -0.39 is 0 Å². The molecule has 1 saturated heterocycles. The Kier molecular flexibility index (Phi) is 7.62. The van der Waals surface area contributed by atoms with Gasteiger partial charge in [-0.2, -0.15) is 0 Å². The van der Waals surface area contributed by atoms with Gasteiger partial charge < -0.3 is 14.8 Å². The number of carbonyl (C=O) groups excluding carboxylic acids is 1. The highest BCUT2D eigenvalue weighted by Crippen LogP contribution is 2.34. The molecule has 7 heteroatoms. The number of thiazole rings is 1. The normalized spacial score (nSPS) is 15.1. The van der Waals surface area contributed by atoms with Gasteiger partial charge in [0.1, 0.15) is 17.2 Å². The third-order valence-electron chi connectivity index (χ3n) is 6.07. The Morgan fingerprint density at radius 2 is 1.85 bits per heavy atom. The van der Waals surface area contributed by atoms with Crippen molar-refractivity contribution in [3.8, 4) is 21.9 Å². The highest BCUT2D eigenvalue weighted by molar-refractivity contribution is 7.15. The second-order valence-electron chi connectivity index (χ2n) is 8.21. The molecule has 0 bridgehead atoms. The second-order valence-corrected chi connectivity index (χ2v) is 9.41. The van der Waals surface area contributed by atoms with E-state index in [4.69, 9.17) is 9.47 Å². The molecule has 174 valence electrons. The molecule has 0 radical (unpaired) electrons. The van der Waals surface area contributed by atoms with Crippen molar-refractivity contribution >= 4 is 17.2 Å². The van der Waals surface area contributed by atoms with Gasteiger partial charge in [-0.1, -0.05) is 36.8 Å². The predicted octanol–water partition coefficient (Wildman–Crippen LogP) is 5.09. The van der Waals surface area contributed by atoms with Crippen molar-refractivity contribution < 1.29 is 14.3 Å². The molecule has 0 spiro atoms. The van der Waals surface area contributed by atoms with Crippen molar-refractivity contribution in [3.63, 3.8) is 0 Å². The lowest BCUT2D eigenvalue weighted by Gasteiger charge is -2.35. The number of hydrogen-bond acceptors (Lipinski definition) is 6. The minimum atomic E-state index is -0.151. The van der Waals surface area contributed by atoms with E-state index in [0.29, 0.717) is 12.2 Å². The van der Waals surface area contributed by atoms with Crippen molar-refractivity contribution in [1.29, 1.82) is 0 Å². The van der Waals surface area contributed by atoms with E-state index in [1.54, 1.807) is 25.6 Å². The molecule has 1 aliphatic heterocycles. The van der Waals surface area contributed by atoms with E-state index >= 15 is 0 Å². The third-order valence-corrected chi connectivity index (χ3v) is 7.09. The fourth-order valence-electron chi connectivity index (χ4n) is 4.40. The maximum Gasteiger partial charge on any atom is 0.271 e. The highest BCUT2D eigenvalue weighted by atomic mass is 32.1. The van der Waals surface area contributed by atoms with Gasteiger partial charge in [0, 0.05) is 12.1 Å². The summed E-state index contributed by atoms with van der Waals surface area (Å²) in [6, 6.07) is 15.8. The van der Waals surface area contributed by atoms with Crippen LogP contribution in [0.5, 0.6) is 11.5 Å². The summed E-state index contributed by atoms with van der Waals surface area (Å²) in [5.41, 5.74) is 2.52. The molecule has 2 aromatic carbocycles. The number of nitrogens with one attached hydrogen (secondary N) is 1. The number of piperidine rings is 1. The number of nitrogens with zero attached hydrogens (tertiary/aromatic N) is 2. The summed E-state index contributed by atoms with van der Waals surface area (Å²) in [6.07, 6.45) is 3.55. The van der Waals surface area contributed by atoms with Gasteiger partial charge in [0.05, 0.1) is 30.1 Å². The molecule has 1 N–H and O–H groups in total. The highest BCUT2D eigenvalue weighted by Gasteiger charge is 2.27. The van der Waals surface area contributed by atoms with Gasteiger partial charge in [-0.05, 0) is 56.6 Å². The molecule has 2 heterocycles. The first kappa shape index (κ1) is 23.3. The molecule has 1 fully saturated rings. The van der Waals surface area contributed by atoms with Crippen LogP contribution in [0.3, 0.4) is 0 Å². The Balaban J connectivity index is 1.60. The molecule has 4 rings (SSSR count). The van der Waals surface area contributed by atoms with Crippen LogP contribution >= 0.6 is 11.3 Å². The van der Waals surface area contributed by atoms with E-state index in [0.717, 1.165) is 58.4 Å². The van der Waals surface area contributed by atoms with E-state index in [2.05, 4.69) is 15.2 Å². The Morgan fingerprint density at radius 1 is 1.09 bits per heavy atom. The SMILES string of the molecule is COc1ccc(OC)c(C(CNC(=O)c2nc(C)sc2-c2ccccc2)N2CCCCC2)c1. The van der Waals surface area contributed by atoms with Gasteiger partial charge in [-0.15, -0.1) is 11.3 Å². The van der Waals surface area contributed by atoms with Gasteiger partial charge in [0.15, 0.2) is 0 Å². The van der Waals surface area contributed by atoms with Gasteiger partial charge in [-0.25, -0.2) is 4.98 Å². The molecule has 6 nitrogen and oxygen atoms in total. The monoisotopic (exact) mass is 465 g/mol. The number of methoxy groups -OCH3 is 2. The maximum absolute atomic E-state index is 13.3. The summed E-state index contributed by atoms with van der Waals surface area (Å²) in [4.78, 5) is 21.2. The molecule has 1 atom stereocenters. The van der Waals surface area contributed by atoms with Crippen molar-refractivity contribution in [3.05, 3.63) is 64.8 Å².